The Labute approximate surface area is 113 Å². The minimum atomic E-state index is -0.303. The molecule has 1 aromatic heterocycles. The lowest BCUT2D eigenvalue weighted by Crippen LogP contribution is -2.05. The summed E-state index contributed by atoms with van der Waals surface area (Å²) in [6, 6.07) is 8.36. The Kier molecular flexibility index (Phi) is 3.24. The molecule has 1 fully saturated rings. The molecule has 94 valence electrons. The fourth-order valence-electron chi connectivity index (χ4n) is 1.66. The van der Waals surface area contributed by atoms with Crippen LogP contribution in [-0.4, -0.2) is 19.3 Å². The van der Waals surface area contributed by atoms with Crippen LogP contribution in [0.5, 0.6) is 5.75 Å². The van der Waals surface area contributed by atoms with Crippen molar-refractivity contribution in [3.8, 4) is 16.2 Å². The minimum Gasteiger partial charge on any atom is -0.490 e. The molecule has 0 N–H and O–H groups in total. The highest BCUT2D eigenvalue weighted by Crippen LogP contribution is 2.38. The number of benzene rings is 1. The maximum Gasteiger partial charge on any atom is 0.135 e. The van der Waals surface area contributed by atoms with E-state index in [1.54, 1.807) is 24.3 Å². The number of hydrogen-bond donors (Lipinski definition) is 0. The third kappa shape index (κ3) is 2.51. The number of thiophene rings is 1. The van der Waals surface area contributed by atoms with E-state index >= 15 is 0 Å². The standard InChI is InChI=1S/C13H10ClFO2S/c14-12-5-4-11(18-12)13-9(15)2-1-3-10(13)17-7-8-6-16-8/h1-5,8H,6-7H2/t8-/m0/s1. The van der Waals surface area contributed by atoms with Crippen LogP contribution in [0.4, 0.5) is 4.39 Å². The normalized spacial score (nSPS) is 17.8. The van der Waals surface area contributed by atoms with Gasteiger partial charge in [0.15, 0.2) is 0 Å². The van der Waals surface area contributed by atoms with Crippen LogP contribution < -0.4 is 4.74 Å². The fraction of sp³-hybridized carbons (Fsp3) is 0.231. The first-order valence-electron chi connectivity index (χ1n) is 5.52. The van der Waals surface area contributed by atoms with Crippen LogP contribution in [0, 0.1) is 5.82 Å². The molecule has 2 aromatic rings. The topological polar surface area (TPSA) is 21.8 Å². The van der Waals surface area contributed by atoms with E-state index in [-0.39, 0.29) is 11.9 Å². The maximum atomic E-state index is 13.9. The summed E-state index contributed by atoms with van der Waals surface area (Å²) in [5.41, 5.74) is 0.468. The third-order valence-corrected chi connectivity index (χ3v) is 3.87. The average Bonchev–Trinajstić information content (AvgIpc) is 3.09. The van der Waals surface area contributed by atoms with Gasteiger partial charge in [0.2, 0.25) is 0 Å². The second-order valence-corrected chi connectivity index (χ2v) is 5.70. The zero-order valence-corrected chi connectivity index (χ0v) is 10.9. The van der Waals surface area contributed by atoms with E-state index in [1.807, 2.05) is 0 Å². The quantitative estimate of drug-likeness (QED) is 0.792. The van der Waals surface area contributed by atoms with Gasteiger partial charge in [-0.1, -0.05) is 17.7 Å². The second-order valence-electron chi connectivity index (χ2n) is 3.98. The largest absolute Gasteiger partial charge is 0.490 e. The molecule has 0 aliphatic carbocycles. The average molecular weight is 285 g/mol. The summed E-state index contributed by atoms with van der Waals surface area (Å²) in [5, 5.41) is 0. The van der Waals surface area contributed by atoms with Crippen LogP contribution in [0.1, 0.15) is 0 Å². The monoisotopic (exact) mass is 284 g/mol. The molecule has 3 rings (SSSR count). The molecule has 1 aliphatic rings. The van der Waals surface area contributed by atoms with Crippen molar-refractivity contribution >= 4 is 22.9 Å². The summed E-state index contributed by atoms with van der Waals surface area (Å²) >= 11 is 7.22. The molecule has 0 saturated carbocycles. The highest BCUT2D eigenvalue weighted by atomic mass is 35.5. The summed E-state index contributed by atoms with van der Waals surface area (Å²) < 4.78 is 25.2. The van der Waals surface area contributed by atoms with Crippen LogP contribution in [-0.2, 0) is 4.74 Å². The van der Waals surface area contributed by atoms with Gasteiger partial charge in [-0.25, -0.2) is 4.39 Å². The Bertz CT molecular complexity index is 566. The molecule has 1 saturated heterocycles. The Hall–Kier alpha value is -1.10. The van der Waals surface area contributed by atoms with Crippen molar-refractivity contribution in [2.24, 2.45) is 0 Å². The van der Waals surface area contributed by atoms with Gasteiger partial charge in [0, 0.05) is 4.88 Å². The fourth-order valence-corrected chi connectivity index (χ4v) is 2.75. The van der Waals surface area contributed by atoms with Gasteiger partial charge in [0.1, 0.15) is 24.3 Å². The zero-order valence-electron chi connectivity index (χ0n) is 9.36. The predicted molar refractivity (Wildman–Crippen MR) is 70.0 cm³/mol. The Morgan fingerprint density at radius 2 is 2.22 bits per heavy atom. The molecular formula is C13H10ClFO2S. The second kappa shape index (κ2) is 4.88. The molecule has 2 heterocycles. The van der Waals surface area contributed by atoms with Crippen molar-refractivity contribution in [2.45, 2.75) is 6.10 Å². The van der Waals surface area contributed by atoms with Gasteiger partial charge >= 0.3 is 0 Å². The summed E-state index contributed by atoms with van der Waals surface area (Å²) in [7, 11) is 0. The summed E-state index contributed by atoms with van der Waals surface area (Å²) in [6.45, 7) is 1.17. The minimum absolute atomic E-state index is 0.146. The molecule has 2 nitrogen and oxygen atoms in total. The molecule has 0 unspecified atom stereocenters. The van der Waals surface area contributed by atoms with Gasteiger partial charge in [-0.3, -0.25) is 0 Å². The third-order valence-electron chi connectivity index (χ3n) is 2.62. The van der Waals surface area contributed by atoms with E-state index in [0.717, 1.165) is 11.5 Å². The van der Waals surface area contributed by atoms with Gasteiger partial charge in [-0.05, 0) is 24.3 Å². The van der Waals surface area contributed by atoms with Crippen molar-refractivity contribution in [3.05, 3.63) is 40.5 Å². The van der Waals surface area contributed by atoms with E-state index < -0.39 is 0 Å². The van der Waals surface area contributed by atoms with E-state index in [9.17, 15) is 4.39 Å². The van der Waals surface area contributed by atoms with Gasteiger partial charge < -0.3 is 9.47 Å². The lowest BCUT2D eigenvalue weighted by atomic mass is 10.1. The van der Waals surface area contributed by atoms with Crippen LogP contribution in [0.25, 0.3) is 10.4 Å². The van der Waals surface area contributed by atoms with E-state index in [2.05, 4.69) is 0 Å². The number of ether oxygens (including phenoxy) is 2. The van der Waals surface area contributed by atoms with Crippen molar-refractivity contribution < 1.29 is 13.9 Å². The van der Waals surface area contributed by atoms with Crippen LogP contribution >= 0.6 is 22.9 Å². The van der Waals surface area contributed by atoms with Gasteiger partial charge in [0.25, 0.3) is 0 Å². The molecule has 5 heteroatoms. The molecule has 0 radical (unpaired) electrons. The number of hydrogen-bond acceptors (Lipinski definition) is 3. The van der Waals surface area contributed by atoms with Crippen molar-refractivity contribution in [1.29, 1.82) is 0 Å². The Morgan fingerprint density at radius 3 is 2.89 bits per heavy atom. The first kappa shape index (κ1) is 12.0. The zero-order chi connectivity index (χ0) is 12.5. The molecule has 0 bridgehead atoms. The Morgan fingerprint density at radius 1 is 1.39 bits per heavy atom. The first-order valence-corrected chi connectivity index (χ1v) is 6.72. The molecule has 18 heavy (non-hydrogen) atoms. The number of rotatable bonds is 4. The molecule has 0 amide bonds. The molecule has 1 aliphatic heterocycles. The summed E-state index contributed by atoms with van der Waals surface area (Å²) in [6.07, 6.45) is 0.146. The summed E-state index contributed by atoms with van der Waals surface area (Å²) in [4.78, 5) is 0.768. The predicted octanol–water partition coefficient (Wildman–Crippen LogP) is 3.99. The molecule has 1 aromatic carbocycles. The smallest absolute Gasteiger partial charge is 0.135 e. The van der Waals surface area contributed by atoms with Gasteiger partial charge in [-0.2, -0.15) is 0 Å². The maximum absolute atomic E-state index is 13.9. The lowest BCUT2D eigenvalue weighted by Gasteiger charge is -2.10. The van der Waals surface area contributed by atoms with Crippen molar-refractivity contribution in [3.63, 3.8) is 0 Å². The number of halogens is 2. The molecule has 0 spiro atoms. The first-order chi connectivity index (χ1) is 8.74. The highest BCUT2D eigenvalue weighted by molar-refractivity contribution is 7.19. The van der Waals surface area contributed by atoms with E-state index in [1.165, 1.54) is 17.4 Å². The van der Waals surface area contributed by atoms with Crippen molar-refractivity contribution in [2.75, 3.05) is 13.2 Å². The lowest BCUT2D eigenvalue weighted by molar-refractivity contribution is 0.263. The van der Waals surface area contributed by atoms with Crippen molar-refractivity contribution in [1.82, 2.24) is 0 Å². The highest BCUT2D eigenvalue weighted by Gasteiger charge is 2.24. The van der Waals surface area contributed by atoms with Crippen LogP contribution in [0.2, 0.25) is 4.34 Å². The van der Waals surface area contributed by atoms with Crippen LogP contribution in [0.3, 0.4) is 0 Å². The van der Waals surface area contributed by atoms with Crippen LogP contribution in [0.15, 0.2) is 30.3 Å². The number of epoxide rings is 1. The molecular weight excluding hydrogens is 275 g/mol. The van der Waals surface area contributed by atoms with Gasteiger partial charge in [0.05, 0.1) is 16.5 Å². The van der Waals surface area contributed by atoms with Gasteiger partial charge in [-0.15, -0.1) is 11.3 Å². The summed E-state index contributed by atoms with van der Waals surface area (Å²) in [5.74, 6) is 0.228. The van der Waals surface area contributed by atoms with E-state index in [0.29, 0.717) is 22.3 Å². The Balaban J connectivity index is 1.94. The molecule has 1 atom stereocenters. The SMILES string of the molecule is Fc1cccc(OC[C@@H]2CO2)c1-c1ccc(Cl)s1. The van der Waals surface area contributed by atoms with E-state index in [4.69, 9.17) is 21.1 Å².